The van der Waals surface area contributed by atoms with Crippen molar-refractivity contribution in [3.8, 4) is 0 Å². The van der Waals surface area contributed by atoms with E-state index < -0.39 is 0 Å². The Morgan fingerprint density at radius 3 is 1.62 bits per heavy atom. The maximum Gasteiger partial charge on any atom is 0.0520 e. The fraction of sp³-hybridized carbons (Fsp3) is 0.217. The molecule has 0 fully saturated rings. The van der Waals surface area contributed by atoms with Gasteiger partial charge in [0.1, 0.15) is 0 Å². The van der Waals surface area contributed by atoms with E-state index in [-0.39, 0.29) is 0 Å². The second-order valence-electron chi connectivity index (χ2n) is 6.84. The van der Waals surface area contributed by atoms with Crippen molar-refractivity contribution in [1.82, 2.24) is 0 Å². The highest BCUT2D eigenvalue weighted by Gasteiger charge is 2.23. The Morgan fingerprint density at radius 2 is 1.12 bits per heavy atom. The molecule has 0 aliphatic carbocycles. The number of nitrogens with zero attached hydrogens (tertiary/aromatic N) is 1. The predicted molar refractivity (Wildman–Crippen MR) is 103 cm³/mol. The minimum absolute atomic E-state index is 1.09. The quantitative estimate of drug-likeness (QED) is 0.518. The first kappa shape index (κ1) is 15.0. The van der Waals surface area contributed by atoms with Gasteiger partial charge in [0.15, 0.2) is 0 Å². The zero-order valence-corrected chi connectivity index (χ0v) is 14.6. The van der Waals surface area contributed by atoms with Crippen LogP contribution in [0.25, 0.3) is 0 Å². The summed E-state index contributed by atoms with van der Waals surface area (Å²) >= 11 is 0. The smallest absolute Gasteiger partial charge is 0.0520 e. The van der Waals surface area contributed by atoms with E-state index >= 15 is 0 Å². The van der Waals surface area contributed by atoms with Crippen LogP contribution in [-0.4, -0.2) is 0 Å². The van der Waals surface area contributed by atoms with E-state index in [2.05, 4.69) is 86.3 Å². The first-order valence-corrected chi connectivity index (χ1v) is 8.69. The fourth-order valence-electron chi connectivity index (χ4n) is 4.05. The van der Waals surface area contributed by atoms with Crippen LogP contribution in [0.3, 0.4) is 0 Å². The molecule has 1 heterocycles. The molecule has 0 atom stereocenters. The van der Waals surface area contributed by atoms with E-state index in [1.54, 1.807) is 0 Å². The van der Waals surface area contributed by atoms with Crippen molar-refractivity contribution in [3.63, 3.8) is 0 Å². The van der Waals surface area contributed by atoms with Crippen LogP contribution in [0.1, 0.15) is 27.8 Å². The van der Waals surface area contributed by atoms with Gasteiger partial charge in [0.25, 0.3) is 0 Å². The molecule has 0 amide bonds. The largest absolute Gasteiger partial charge is 0.309 e. The van der Waals surface area contributed by atoms with Crippen LogP contribution in [0.4, 0.5) is 17.1 Å². The van der Waals surface area contributed by atoms with Crippen molar-refractivity contribution in [2.45, 2.75) is 33.6 Å². The van der Waals surface area contributed by atoms with Gasteiger partial charge in [0.2, 0.25) is 0 Å². The maximum absolute atomic E-state index is 2.47. The van der Waals surface area contributed by atoms with E-state index in [0.717, 1.165) is 12.8 Å². The number of fused-ring (bicyclic) bond motifs is 2. The molecule has 0 aromatic heterocycles. The molecule has 3 aromatic carbocycles. The Bertz CT molecular complexity index is 837. The molecular weight excluding hydrogens is 290 g/mol. The molecule has 4 rings (SSSR count). The number of para-hydroxylation sites is 2. The molecule has 3 aromatic rings. The van der Waals surface area contributed by atoms with Gasteiger partial charge in [-0.05, 0) is 68.0 Å². The summed E-state index contributed by atoms with van der Waals surface area (Å²) in [4.78, 5) is 2.47. The number of hydrogen-bond donors (Lipinski definition) is 0. The lowest BCUT2D eigenvalue weighted by Gasteiger charge is -2.30. The molecule has 0 radical (unpaired) electrons. The lowest BCUT2D eigenvalue weighted by atomic mass is 10.0. The number of aryl methyl sites for hydroxylation is 5. The molecule has 0 saturated heterocycles. The van der Waals surface area contributed by atoms with Gasteiger partial charge in [-0.3, -0.25) is 0 Å². The third kappa shape index (κ3) is 2.41. The molecule has 1 aliphatic heterocycles. The summed E-state index contributed by atoms with van der Waals surface area (Å²) in [7, 11) is 0. The van der Waals surface area contributed by atoms with Crippen LogP contribution >= 0.6 is 0 Å². The molecule has 0 saturated carbocycles. The summed E-state index contributed by atoms with van der Waals surface area (Å²) in [5, 5.41) is 0. The zero-order valence-electron chi connectivity index (χ0n) is 14.6. The summed E-state index contributed by atoms with van der Waals surface area (Å²) in [6.45, 7) is 6.63. The summed E-state index contributed by atoms with van der Waals surface area (Å²) in [5.74, 6) is 0. The Morgan fingerprint density at radius 1 is 0.667 bits per heavy atom. The topological polar surface area (TPSA) is 3.24 Å². The molecule has 0 N–H and O–H groups in total. The highest BCUT2D eigenvalue weighted by atomic mass is 15.2. The zero-order chi connectivity index (χ0) is 16.7. The summed E-state index contributed by atoms with van der Waals surface area (Å²) in [6, 6.07) is 22.3. The van der Waals surface area contributed by atoms with E-state index in [4.69, 9.17) is 0 Å². The van der Waals surface area contributed by atoms with Crippen molar-refractivity contribution in [2.24, 2.45) is 0 Å². The van der Waals surface area contributed by atoms with Crippen molar-refractivity contribution >= 4 is 17.1 Å². The van der Waals surface area contributed by atoms with Gasteiger partial charge >= 0.3 is 0 Å². The SMILES string of the molecule is Cc1cc(C)c(N2c3ccccc3CCc3ccccc32)c(C)c1. The maximum atomic E-state index is 2.47. The number of hydrogen-bond acceptors (Lipinski definition) is 1. The minimum atomic E-state index is 1.09. The summed E-state index contributed by atoms with van der Waals surface area (Å²) < 4.78 is 0. The first-order chi connectivity index (χ1) is 11.6. The third-order valence-corrected chi connectivity index (χ3v) is 4.99. The Kier molecular flexibility index (Phi) is 3.65. The van der Waals surface area contributed by atoms with E-state index in [0.29, 0.717) is 0 Å². The molecule has 1 nitrogen and oxygen atoms in total. The van der Waals surface area contributed by atoms with Crippen LogP contribution in [0.15, 0.2) is 60.7 Å². The second-order valence-corrected chi connectivity index (χ2v) is 6.84. The lowest BCUT2D eigenvalue weighted by Crippen LogP contribution is -2.14. The van der Waals surface area contributed by atoms with E-state index in [1.807, 2.05) is 0 Å². The van der Waals surface area contributed by atoms with Crippen LogP contribution in [0.2, 0.25) is 0 Å². The molecular formula is C23H23N. The van der Waals surface area contributed by atoms with Gasteiger partial charge in [0, 0.05) is 11.4 Å². The highest BCUT2D eigenvalue weighted by Crippen LogP contribution is 2.44. The van der Waals surface area contributed by atoms with Crippen molar-refractivity contribution in [3.05, 3.63) is 88.5 Å². The molecule has 0 unspecified atom stereocenters. The van der Waals surface area contributed by atoms with Gasteiger partial charge in [-0.2, -0.15) is 0 Å². The molecule has 1 heteroatoms. The van der Waals surface area contributed by atoms with Gasteiger partial charge in [-0.1, -0.05) is 54.1 Å². The van der Waals surface area contributed by atoms with Crippen LogP contribution in [0.5, 0.6) is 0 Å². The minimum Gasteiger partial charge on any atom is -0.309 e. The van der Waals surface area contributed by atoms with Crippen molar-refractivity contribution in [2.75, 3.05) is 4.90 Å². The van der Waals surface area contributed by atoms with Crippen molar-refractivity contribution in [1.29, 1.82) is 0 Å². The number of anilines is 3. The number of benzene rings is 3. The molecule has 24 heavy (non-hydrogen) atoms. The lowest BCUT2D eigenvalue weighted by molar-refractivity contribution is 0.977. The molecule has 0 bridgehead atoms. The molecule has 1 aliphatic rings. The predicted octanol–water partition coefficient (Wildman–Crippen LogP) is 6.18. The first-order valence-electron chi connectivity index (χ1n) is 8.69. The number of rotatable bonds is 1. The normalized spacial score (nSPS) is 13.2. The third-order valence-electron chi connectivity index (χ3n) is 4.99. The average molecular weight is 313 g/mol. The Hall–Kier alpha value is -2.54. The summed E-state index contributed by atoms with van der Waals surface area (Å²) in [5.41, 5.74) is 10.8. The molecule has 120 valence electrons. The van der Waals surface area contributed by atoms with Crippen LogP contribution < -0.4 is 4.90 Å². The van der Waals surface area contributed by atoms with Gasteiger partial charge < -0.3 is 4.90 Å². The fourth-order valence-corrected chi connectivity index (χ4v) is 4.05. The monoisotopic (exact) mass is 313 g/mol. The second kappa shape index (κ2) is 5.83. The van der Waals surface area contributed by atoms with Crippen LogP contribution in [0, 0.1) is 20.8 Å². The van der Waals surface area contributed by atoms with E-state index in [1.165, 1.54) is 44.9 Å². The van der Waals surface area contributed by atoms with Crippen LogP contribution in [-0.2, 0) is 12.8 Å². The van der Waals surface area contributed by atoms with Gasteiger partial charge in [-0.25, -0.2) is 0 Å². The van der Waals surface area contributed by atoms with Crippen molar-refractivity contribution < 1.29 is 0 Å². The van der Waals surface area contributed by atoms with Gasteiger partial charge in [0.05, 0.1) is 5.69 Å². The van der Waals surface area contributed by atoms with Gasteiger partial charge in [-0.15, -0.1) is 0 Å². The standard InChI is InChI=1S/C23H23N/c1-16-14-17(2)23(18(3)15-16)24-21-10-6-4-8-19(21)12-13-20-9-5-7-11-22(20)24/h4-11,14-15H,12-13H2,1-3H3. The molecule has 0 spiro atoms. The highest BCUT2D eigenvalue weighted by molar-refractivity contribution is 5.84. The summed E-state index contributed by atoms with van der Waals surface area (Å²) in [6.07, 6.45) is 2.18. The van der Waals surface area contributed by atoms with E-state index in [9.17, 15) is 0 Å². The Labute approximate surface area is 144 Å². The Balaban J connectivity index is 2.04. The average Bonchev–Trinajstić information content (AvgIpc) is 2.72.